The van der Waals surface area contributed by atoms with Crippen LogP contribution in [0.4, 0.5) is 0 Å². The second-order valence-corrected chi connectivity index (χ2v) is 7.06. The van der Waals surface area contributed by atoms with Gasteiger partial charge in [0, 0.05) is 45.6 Å². The number of rotatable bonds is 9. The number of likely N-dealkylation sites (tertiary alicyclic amines) is 1. The lowest BCUT2D eigenvalue weighted by molar-refractivity contribution is 0.0263. The third-order valence-electron chi connectivity index (χ3n) is 4.95. The van der Waals surface area contributed by atoms with E-state index in [9.17, 15) is 0 Å². The molecular weight excluding hydrogens is 507 g/mol. The molecule has 1 aliphatic heterocycles. The van der Waals surface area contributed by atoms with E-state index in [-0.39, 0.29) is 24.0 Å². The maximum atomic E-state index is 5.73. The van der Waals surface area contributed by atoms with Crippen LogP contribution in [0.2, 0.25) is 0 Å². The number of para-hydroxylation sites is 1. The lowest BCUT2D eigenvalue weighted by Crippen LogP contribution is -2.46. The second-order valence-electron chi connectivity index (χ2n) is 7.06. The highest BCUT2D eigenvalue weighted by atomic mass is 127. The fourth-order valence-electron chi connectivity index (χ4n) is 3.41. The number of benzene rings is 1. The van der Waals surface area contributed by atoms with Crippen molar-refractivity contribution < 1.29 is 14.2 Å². The largest absolute Gasteiger partial charge is 0.490 e. The number of piperidine rings is 1. The van der Waals surface area contributed by atoms with Crippen molar-refractivity contribution in [2.75, 3.05) is 40.0 Å². The Morgan fingerprint density at radius 3 is 2.48 bits per heavy atom. The molecule has 7 nitrogen and oxygen atoms in total. The molecular formula is C23H33IN4O3. The van der Waals surface area contributed by atoms with Crippen LogP contribution in [-0.2, 0) is 11.3 Å². The number of hydrogen-bond donors (Lipinski definition) is 1. The minimum atomic E-state index is 0. The second kappa shape index (κ2) is 14.1. The van der Waals surface area contributed by atoms with Crippen molar-refractivity contribution in [3.63, 3.8) is 0 Å². The quantitative estimate of drug-likeness (QED) is 0.226. The molecule has 1 aromatic heterocycles. The summed E-state index contributed by atoms with van der Waals surface area (Å²) in [5, 5.41) is 3.43. The van der Waals surface area contributed by atoms with Crippen LogP contribution in [0.5, 0.6) is 11.6 Å². The number of ether oxygens (including phenoxy) is 3. The van der Waals surface area contributed by atoms with Gasteiger partial charge in [-0.25, -0.2) is 4.98 Å². The maximum Gasteiger partial charge on any atom is 0.213 e. The highest BCUT2D eigenvalue weighted by molar-refractivity contribution is 14.0. The minimum absolute atomic E-state index is 0. The van der Waals surface area contributed by atoms with Crippen LogP contribution < -0.4 is 14.8 Å². The van der Waals surface area contributed by atoms with Crippen LogP contribution in [0.1, 0.15) is 25.3 Å². The van der Waals surface area contributed by atoms with Crippen molar-refractivity contribution in [1.82, 2.24) is 15.2 Å². The lowest BCUT2D eigenvalue weighted by atomic mass is 10.1. The van der Waals surface area contributed by atoms with E-state index in [1.165, 1.54) is 0 Å². The third kappa shape index (κ3) is 8.53. The molecule has 0 bridgehead atoms. The van der Waals surface area contributed by atoms with E-state index in [1.807, 2.05) is 55.7 Å². The van der Waals surface area contributed by atoms with Gasteiger partial charge in [-0.1, -0.05) is 24.3 Å². The van der Waals surface area contributed by atoms with Gasteiger partial charge in [0.05, 0.1) is 6.10 Å². The number of nitrogens with zero attached hydrogens (tertiary/aromatic N) is 3. The first-order chi connectivity index (χ1) is 14.8. The van der Waals surface area contributed by atoms with Crippen molar-refractivity contribution in [1.29, 1.82) is 0 Å². The number of halogens is 1. The van der Waals surface area contributed by atoms with Crippen molar-refractivity contribution in [3.05, 3.63) is 54.2 Å². The number of aromatic nitrogens is 1. The minimum Gasteiger partial charge on any atom is -0.490 e. The van der Waals surface area contributed by atoms with Gasteiger partial charge in [-0.15, -0.1) is 24.0 Å². The first kappa shape index (κ1) is 25.2. The van der Waals surface area contributed by atoms with Crippen LogP contribution in [-0.4, -0.2) is 61.9 Å². The first-order valence-corrected chi connectivity index (χ1v) is 10.6. The highest BCUT2D eigenvalue weighted by Gasteiger charge is 2.21. The zero-order chi connectivity index (χ0) is 21.0. The Hall–Kier alpha value is -2.07. The summed E-state index contributed by atoms with van der Waals surface area (Å²) in [6, 6.07) is 13.6. The number of nitrogens with one attached hydrogen (secondary N) is 1. The number of pyridine rings is 1. The van der Waals surface area contributed by atoms with E-state index in [0.717, 1.165) is 49.8 Å². The molecule has 170 valence electrons. The van der Waals surface area contributed by atoms with Crippen LogP contribution in [0.3, 0.4) is 0 Å². The van der Waals surface area contributed by atoms with Crippen molar-refractivity contribution in [3.8, 4) is 11.6 Å². The van der Waals surface area contributed by atoms with Crippen LogP contribution in [0.15, 0.2) is 53.7 Å². The van der Waals surface area contributed by atoms with Gasteiger partial charge >= 0.3 is 0 Å². The van der Waals surface area contributed by atoms with Gasteiger partial charge in [-0.05, 0) is 37.5 Å². The molecule has 1 saturated heterocycles. The molecule has 1 aromatic carbocycles. The van der Waals surface area contributed by atoms with Gasteiger partial charge in [0.25, 0.3) is 0 Å². The van der Waals surface area contributed by atoms with Crippen molar-refractivity contribution in [2.45, 2.75) is 32.4 Å². The van der Waals surface area contributed by atoms with E-state index in [1.54, 1.807) is 0 Å². The maximum absolute atomic E-state index is 5.73. The molecule has 1 aliphatic rings. The standard InChI is InChI=1S/C23H32N4O3.HI/c1-3-28-21-11-13-27(14-12-21)23(24-2)26-18-19-9-10-22(25-17-19)30-16-15-29-20-7-5-4-6-8-20;/h4-10,17,21H,3,11-16,18H2,1-2H3,(H,24,26);1H. The van der Waals surface area contributed by atoms with Gasteiger partial charge < -0.3 is 24.4 Å². The van der Waals surface area contributed by atoms with E-state index < -0.39 is 0 Å². The predicted octanol–water partition coefficient (Wildman–Crippen LogP) is 3.73. The molecule has 8 heteroatoms. The Morgan fingerprint density at radius 2 is 1.84 bits per heavy atom. The first-order valence-electron chi connectivity index (χ1n) is 10.6. The molecule has 1 N–H and O–H groups in total. The van der Waals surface area contributed by atoms with Gasteiger partial charge in [0.1, 0.15) is 19.0 Å². The predicted molar refractivity (Wildman–Crippen MR) is 134 cm³/mol. The molecule has 0 spiro atoms. The van der Waals surface area contributed by atoms with Crippen molar-refractivity contribution in [2.24, 2.45) is 4.99 Å². The highest BCUT2D eigenvalue weighted by Crippen LogP contribution is 2.14. The average Bonchev–Trinajstić information content (AvgIpc) is 2.80. The van der Waals surface area contributed by atoms with Crippen LogP contribution >= 0.6 is 24.0 Å². The molecule has 0 saturated carbocycles. The SMILES string of the molecule is CCOC1CCN(C(=NC)NCc2ccc(OCCOc3ccccc3)nc2)CC1.I. The Morgan fingerprint density at radius 1 is 1.10 bits per heavy atom. The molecule has 0 amide bonds. The topological polar surface area (TPSA) is 68.2 Å². The molecule has 0 atom stereocenters. The molecule has 1 fully saturated rings. The summed E-state index contributed by atoms with van der Waals surface area (Å²) in [7, 11) is 1.82. The van der Waals surface area contributed by atoms with E-state index in [2.05, 4.69) is 27.1 Å². The smallest absolute Gasteiger partial charge is 0.213 e. The summed E-state index contributed by atoms with van der Waals surface area (Å²) in [4.78, 5) is 11.1. The Bertz CT molecular complexity index is 766. The van der Waals surface area contributed by atoms with Gasteiger partial charge in [0.2, 0.25) is 5.88 Å². The lowest BCUT2D eigenvalue weighted by Gasteiger charge is -2.34. The molecule has 0 aliphatic carbocycles. The number of hydrogen-bond acceptors (Lipinski definition) is 5. The van der Waals surface area contributed by atoms with E-state index in [4.69, 9.17) is 14.2 Å². The van der Waals surface area contributed by atoms with E-state index >= 15 is 0 Å². The fraction of sp³-hybridized carbons (Fsp3) is 0.478. The fourth-order valence-corrected chi connectivity index (χ4v) is 3.41. The summed E-state index contributed by atoms with van der Waals surface area (Å²) >= 11 is 0. The summed E-state index contributed by atoms with van der Waals surface area (Å²) in [5.74, 6) is 2.35. The van der Waals surface area contributed by atoms with Crippen LogP contribution in [0.25, 0.3) is 0 Å². The number of aliphatic imine (C=N–C) groups is 1. The molecule has 2 aromatic rings. The van der Waals surface area contributed by atoms with Gasteiger partial charge in [-0.3, -0.25) is 4.99 Å². The van der Waals surface area contributed by atoms with E-state index in [0.29, 0.717) is 31.7 Å². The zero-order valence-corrected chi connectivity index (χ0v) is 20.7. The van der Waals surface area contributed by atoms with Crippen molar-refractivity contribution >= 4 is 29.9 Å². The zero-order valence-electron chi connectivity index (χ0n) is 18.3. The molecule has 31 heavy (non-hydrogen) atoms. The van der Waals surface area contributed by atoms with Gasteiger partial charge in [0.15, 0.2) is 5.96 Å². The Balaban J connectivity index is 0.00000341. The molecule has 0 unspecified atom stereocenters. The average molecular weight is 540 g/mol. The summed E-state index contributed by atoms with van der Waals surface area (Å²) in [6.45, 7) is 6.35. The summed E-state index contributed by atoms with van der Waals surface area (Å²) in [6.07, 6.45) is 4.28. The third-order valence-corrected chi connectivity index (χ3v) is 4.95. The normalized spacial score (nSPS) is 14.6. The monoisotopic (exact) mass is 540 g/mol. The van der Waals surface area contributed by atoms with Crippen LogP contribution in [0, 0.1) is 0 Å². The Labute approximate surface area is 202 Å². The summed E-state index contributed by atoms with van der Waals surface area (Å²) < 4.78 is 17.0. The molecule has 2 heterocycles. The molecule has 0 radical (unpaired) electrons. The summed E-state index contributed by atoms with van der Waals surface area (Å²) in [5.41, 5.74) is 1.08. The molecule has 3 rings (SSSR count). The number of guanidine groups is 1. The Kier molecular flexibility index (Phi) is 11.4. The van der Waals surface area contributed by atoms with Gasteiger partial charge in [-0.2, -0.15) is 0 Å².